The summed E-state index contributed by atoms with van der Waals surface area (Å²) in [4.78, 5) is 30.1. The third-order valence-electron chi connectivity index (χ3n) is 6.15. The lowest BCUT2D eigenvalue weighted by Crippen LogP contribution is -2.80. The average molecular weight is 518 g/mol. The first kappa shape index (κ1) is 25.3. The molecule has 1 saturated heterocycles. The van der Waals surface area contributed by atoms with E-state index in [0.717, 1.165) is 0 Å². The molecule has 2 unspecified atom stereocenters. The Balaban J connectivity index is 1.93. The van der Waals surface area contributed by atoms with Crippen LogP contribution in [0.2, 0.25) is 0 Å². The van der Waals surface area contributed by atoms with Gasteiger partial charge in [-0.1, -0.05) is 0 Å². The summed E-state index contributed by atoms with van der Waals surface area (Å²) in [6.45, 7) is 1.12. The molecule has 9 nitrogen and oxygen atoms in total. The summed E-state index contributed by atoms with van der Waals surface area (Å²) in [6, 6.07) is 3.89. The number of aliphatic imine (C=N–C) groups is 1. The summed E-state index contributed by atoms with van der Waals surface area (Å²) >= 11 is 0. The second kappa shape index (κ2) is 8.41. The van der Waals surface area contributed by atoms with Gasteiger partial charge in [0.15, 0.2) is 0 Å². The predicted octanol–water partition coefficient (Wildman–Crippen LogP) is 2.64. The molecule has 1 aromatic carbocycles. The molecule has 194 valence electrons. The van der Waals surface area contributed by atoms with Gasteiger partial charge >= 0.3 is 18.4 Å². The number of aryl methyl sites for hydroxylation is 2. The van der Waals surface area contributed by atoms with Crippen LogP contribution >= 0.6 is 0 Å². The number of hydrogen-bond acceptors (Lipinski definition) is 6. The van der Waals surface area contributed by atoms with E-state index >= 15 is 0 Å². The van der Waals surface area contributed by atoms with Gasteiger partial charge < -0.3 is 10.1 Å². The number of fused-ring (bicyclic) bond motifs is 1. The van der Waals surface area contributed by atoms with Crippen molar-refractivity contribution in [2.45, 2.75) is 37.5 Å². The van der Waals surface area contributed by atoms with E-state index in [0.29, 0.717) is 21.9 Å². The van der Waals surface area contributed by atoms with Crippen LogP contribution in [0.1, 0.15) is 16.8 Å². The average Bonchev–Trinajstić information content (AvgIpc) is 3.10. The minimum atomic E-state index is -6.00. The lowest BCUT2D eigenvalue weighted by Gasteiger charge is -2.51. The first-order valence-corrected chi connectivity index (χ1v) is 10.4. The number of ether oxygens (including phenoxy) is 1. The van der Waals surface area contributed by atoms with Crippen molar-refractivity contribution in [1.82, 2.24) is 25.3 Å². The molecule has 0 aliphatic carbocycles. The van der Waals surface area contributed by atoms with Crippen molar-refractivity contribution >= 4 is 17.8 Å². The molecular weight excluding hydrogens is 498 g/mol. The largest absolute Gasteiger partial charge is 0.497 e. The molecule has 3 heterocycles. The SMILES string of the molecule is COc1ccc(C2=NC3C(C(=O)NC(=O)N3Cc3cn(C)nc3C)C(C(F)(F)F)(C(F)(F)F)N2)cc1. The first-order valence-electron chi connectivity index (χ1n) is 10.4. The summed E-state index contributed by atoms with van der Waals surface area (Å²) in [5, 5.41) is 7.21. The smallest absolute Gasteiger partial charge is 0.421 e. The zero-order valence-corrected chi connectivity index (χ0v) is 19.0. The van der Waals surface area contributed by atoms with E-state index < -0.39 is 54.3 Å². The van der Waals surface area contributed by atoms with Gasteiger partial charge in [0.05, 0.1) is 19.3 Å². The molecule has 15 heteroatoms. The number of nitrogens with one attached hydrogen (secondary N) is 2. The standard InChI is InChI=1S/C21H20F6N6O3/c1-10-12(8-32(2)31-10)9-33-16-14(17(34)29-18(33)35)19(20(22,23)24,21(25,26)27)30-15(28-16)11-4-6-13(36-3)7-5-11/h4-8,14,16H,9H2,1-3H3,(H,28,30)(H,29,34,35). The fourth-order valence-electron chi connectivity index (χ4n) is 4.39. The number of rotatable bonds is 4. The summed E-state index contributed by atoms with van der Waals surface area (Å²) in [6.07, 6.45) is -12.7. The molecule has 0 saturated carbocycles. The second-order valence-electron chi connectivity index (χ2n) is 8.36. The van der Waals surface area contributed by atoms with Crippen LogP contribution in [0.4, 0.5) is 31.1 Å². The number of halogens is 6. The number of nitrogens with zero attached hydrogens (tertiary/aromatic N) is 4. The molecule has 3 amide bonds. The molecule has 36 heavy (non-hydrogen) atoms. The topological polar surface area (TPSA) is 101 Å². The maximum Gasteiger partial charge on any atom is 0.421 e. The van der Waals surface area contributed by atoms with Gasteiger partial charge in [0.1, 0.15) is 23.7 Å². The van der Waals surface area contributed by atoms with Gasteiger partial charge in [-0.05, 0) is 31.2 Å². The number of methoxy groups -OCH3 is 1. The van der Waals surface area contributed by atoms with Crippen molar-refractivity contribution in [2.75, 3.05) is 7.11 Å². The van der Waals surface area contributed by atoms with E-state index in [9.17, 15) is 35.9 Å². The number of amides is 3. The number of amidine groups is 1. The fraction of sp³-hybridized carbons (Fsp3) is 0.429. The molecule has 2 aromatic rings. The van der Waals surface area contributed by atoms with Crippen molar-refractivity contribution in [2.24, 2.45) is 18.0 Å². The van der Waals surface area contributed by atoms with Crippen LogP contribution in [0.3, 0.4) is 0 Å². The number of hydrogen-bond donors (Lipinski definition) is 2. The minimum Gasteiger partial charge on any atom is -0.497 e. The maximum absolute atomic E-state index is 14.4. The van der Waals surface area contributed by atoms with Crippen molar-refractivity contribution in [3.63, 3.8) is 0 Å². The number of carbonyl (C=O) groups is 2. The maximum atomic E-state index is 14.4. The highest BCUT2D eigenvalue weighted by Gasteiger charge is 2.80. The number of alkyl halides is 6. The van der Waals surface area contributed by atoms with Crippen LogP contribution in [0, 0.1) is 12.8 Å². The Morgan fingerprint density at radius 2 is 1.69 bits per heavy atom. The van der Waals surface area contributed by atoms with Gasteiger partial charge in [0, 0.05) is 24.4 Å². The normalized spacial score (nSPS) is 21.9. The highest BCUT2D eigenvalue weighted by Crippen LogP contribution is 2.52. The van der Waals surface area contributed by atoms with Crippen LogP contribution in [0.25, 0.3) is 0 Å². The molecule has 2 N–H and O–H groups in total. The molecule has 4 rings (SSSR count). The van der Waals surface area contributed by atoms with Crippen LogP contribution in [-0.4, -0.2) is 63.6 Å². The minimum absolute atomic E-state index is 0.136. The number of carbonyl (C=O) groups excluding carboxylic acids is 2. The number of aromatic nitrogens is 2. The van der Waals surface area contributed by atoms with Crippen molar-refractivity contribution in [3.05, 3.63) is 47.3 Å². The lowest BCUT2D eigenvalue weighted by molar-refractivity contribution is -0.321. The van der Waals surface area contributed by atoms with E-state index in [-0.39, 0.29) is 5.56 Å². The second-order valence-corrected chi connectivity index (χ2v) is 8.36. The predicted molar refractivity (Wildman–Crippen MR) is 112 cm³/mol. The summed E-state index contributed by atoms with van der Waals surface area (Å²) < 4.78 is 92.8. The number of benzene rings is 1. The van der Waals surface area contributed by atoms with Crippen LogP contribution in [0.5, 0.6) is 5.75 Å². The molecular formula is C21H20F6N6O3. The summed E-state index contributed by atoms with van der Waals surface area (Å²) in [5.41, 5.74) is -4.13. The highest BCUT2D eigenvalue weighted by molar-refractivity contribution is 6.04. The van der Waals surface area contributed by atoms with Gasteiger partial charge in [0.25, 0.3) is 0 Å². The van der Waals surface area contributed by atoms with E-state index in [4.69, 9.17) is 4.74 Å². The van der Waals surface area contributed by atoms with E-state index in [1.807, 2.05) is 0 Å². The number of urea groups is 1. The Morgan fingerprint density at radius 3 is 2.19 bits per heavy atom. The van der Waals surface area contributed by atoms with E-state index in [1.165, 1.54) is 47.6 Å². The lowest BCUT2D eigenvalue weighted by atomic mass is 9.76. The van der Waals surface area contributed by atoms with Crippen LogP contribution in [-0.2, 0) is 18.4 Å². The Labute approximate surface area is 200 Å². The van der Waals surface area contributed by atoms with Gasteiger partial charge in [-0.2, -0.15) is 31.4 Å². The first-order chi connectivity index (χ1) is 16.7. The molecule has 2 atom stereocenters. The molecule has 2 aliphatic rings. The molecule has 0 spiro atoms. The Morgan fingerprint density at radius 1 is 1.08 bits per heavy atom. The van der Waals surface area contributed by atoms with E-state index in [1.54, 1.807) is 19.3 Å². The van der Waals surface area contributed by atoms with Crippen molar-refractivity contribution < 1.29 is 40.7 Å². The van der Waals surface area contributed by atoms with Crippen LogP contribution < -0.4 is 15.4 Å². The van der Waals surface area contributed by atoms with Crippen LogP contribution in [0.15, 0.2) is 35.5 Å². The molecule has 0 bridgehead atoms. The molecule has 1 fully saturated rings. The van der Waals surface area contributed by atoms with Crippen molar-refractivity contribution in [3.8, 4) is 5.75 Å². The quantitative estimate of drug-likeness (QED) is 0.607. The summed E-state index contributed by atoms with van der Waals surface area (Å²) in [5.74, 6) is -5.10. The van der Waals surface area contributed by atoms with Crippen molar-refractivity contribution in [1.29, 1.82) is 0 Å². The Bertz CT molecular complexity index is 1210. The summed E-state index contributed by atoms with van der Waals surface area (Å²) in [7, 11) is 2.89. The third kappa shape index (κ3) is 3.91. The number of imide groups is 1. The molecule has 2 aliphatic heterocycles. The monoisotopic (exact) mass is 518 g/mol. The zero-order chi connectivity index (χ0) is 26.6. The van der Waals surface area contributed by atoms with E-state index in [2.05, 4.69) is 10.1 Å². The molecule has 1 aromatic heterocycles. The van der Waals surface area contributed by atoms with Gasteiger partial charge in [-0.15, -0.1) is 0 Å². The third-order valence-corrected chi connectivity index (χ3v) is 6.15. The van der Waals surface area contributed by atoms with Gasteiger partial charge in [-0.25, -0.2) is 9.79 Å². The Kier molecular flexibility index (Phi) is 5.92. The highest BCUT2D eigenvalue weighted by atomic mass is 19.4. The Hall–Kier alpha value is -3.78. The molecule has 0 radical (unpaired) electrons. The zero-order valence-electron chi connectivity index (χ0n) is 19.0. The van der Waals surface area contributed by atoms with Gasteiger partial charge in [0.2, 0.25) is 11.4 Å². The fourth-order valence-corrected chi connectivity index (χ4v) is 4.39. The van der Waals surface area contributed by atoms with Gasteiger partial charge in [-0.3, -0.25) is 19.7 Å².